The minimum atomic E-state index is -0.524. The van der Waals surface area contributed by atoms with Crippen molar-refractivity contribution >= 4 is 29.3 Å². The molecule has 0 saturated heterocycles. The minimum absolute atomic E-state index is 0.0500. The largest absolute Gasteiger partial charge is 0.352 e. The molecule has 1 aliphatic carbocycles. The van der Waals surface area contributed by atoms with Gasteiger partial charge in [-0.05, 0) is 42.9 Å². The molecule has 1 aliphatic rings. The van der Waals surface area contributed by atoms with E-state index in [1.54, 1.807) is 17.0 Å². The van der Waals surface area contributed by atoms with Crippen molar-refractivity contribution in [2.24, 2.45) is 0 Å². The zero-order valence-corrected chi connectivity index (χ0v) is 21.4. The number of hydrogen-bond donors (Lipinski definition) is 1. The molecule has 1 fully saturated rings. The third-order valence-corrected chi connectivity index (χ3v) is 7.57. The van der Waals surface area contributed by atoms with E-state index in [4.69, 9.17) is 0 Å². The van der Waals surface area contributed by atoms with E-state index < -0.39 is 11.0 Å². The van der Waals surface area contributed by atoms with Gasteiger partial charge in [-0.1, -0.05) is 62.6 Å². The number of non-ortho nitro benzene ring substituents is 1. The number of amides is 2. The summed E-state index contributed by atoms with van der Waals surface area (Å²) in [5.41, 5.74) is 3.09. The van der Waals surface area contributed by atoms with Gasteiger partial charge < -0.3 is 10.2 Å². The summed E-state index contributed by atoms with van der Waals surface area (Å²) >= 11 is 1.45. The maximum atomic E-state index is 13.4. The molecule has 7 nitrogen and oxygen atoms in total. The topological polar surface area (TPSA) is 92.6 Å². The van der Waals surface area contributed by atoms with Crippen molar-refractivity contribution in [3.63, 3.8) is 0 Å². The Morgan fingerprint density at radius 2 is 1.80 bits per heavy atom. The Morgan fingerprint density at radius 3 is 2.43 bits per heavy atom. The van der Waals surface area contributed by atoms with Crippen LogP contribution >= 0.6 is 11.8 Å². The first-order chi connectivity index (χ1) is 16.9. The fourth-order valence-corrected chi connectivity index (χ4v) is 5.36. The van der Waals surface area contributed by atoms with Crippen molar-refractivity contribution in [3.05, 3.63) is 75.3 Å². The highest BCUT2D eigenvalue weighted by atomic mass is 32.2. The molecule has 0 bridgehead atoms. The van der Waals surface area contributed by atoms with E-state index in [0.717, 1.165) is 42.4 Å². The van der Waals surface area contributed by atoms with Crippen LogP contribution in [-0.2, 0) is 21.9 Å². The number of nitrogens with zero attached hydrogens (tertiary/aromatic N) is 2. The maximum Gasteiger partial charge on any atom is 0.269 e. The molecule has 0 aliphatic heterocycles. The molecule has 1 N–H and O–H groups in total. The summed E-state index contributed by atoms with van der Waals surface area (Å²) in [6.07, 6.45) is 6.02. The highest BCUT2D eigenvalue weighted by molar-refractivity contribution is 7.99. The van der Waals surface area contributed by atoms with Gasteiger partial charge in [-0.2, -0.15) is 0 Å². The lowest BCUT2D eigenvalue weighted by atomic mass is 9.95. The highest BCUT2D eigenvalue weighted by Gasteiger charge is 2.30. The second-order valence-electron chi connectivity index (χ2n) is 9.13. The SMILES string of the molecule is CC[C@H](C(=O)NC1CCCCC1)N(Cc1ccccc1C)C(=O)CSCc1ccc([N+](=O)[O-])cc1. The van der Waals surface area contributed by atoms with Gasteiger partial charge in [0.2, 0.25) is 11.8 Å². The first kappa shape index (κ1) is 26.7. The van der Waals surface area contributed by atoms with E-state index >= 15 is 0 Å². The van der Waals surface area contributed by atoms with Crippen LogP contribution < -0.4 is 5.32 Å². The summed E-state index contributed by atoms with van der Waals surface area (Å²) in [7, 11) is 0. The monoisotopic (exact) mass is 497 g/mol. The number of rotatable bonds is 11. The molecule has 0 aromatic heterocycles. The fraction of sp³-hybridized carbons (Fsp3) is 0.481. The third-order valence-electron chi connectivity index (χ3n) is 6.58. The summed E-state index contributed by atoms with van der Waals surface area (Å²) in [6, 6.07) is 14.0. The smallest absolute Gasteiger partial charge is 0.269 e. The molecule has 35 heavy (non-hydrogen) atoms. The van der Waals surface area contributed by atoms with Crippen LogP contribution in [0, 0.1) is 17.0 Å². The van der Waals surface area contributed by atoms with E-state index in [2.05, 4.69) is 5.32 Å². The van der Waals surface area contributed by atoms with Crippen LogP contribution in [0.4, 0.5) is 5.69 Å². The van der Waals surface area contributed by atoms with Crippen molar-refractivity contribution in [2.75, 3.05) is 5.75 Å². The molecule has 3 rings (SSSR count). The van der Waals surface area contributed by atoms with Crippen molar-refractivity contribution < 1.29 is 14.5 Å². The molecule has 2 amide bonds. The van der Waals surface area contributed by atoms with Gasteiger partial charge in [-0.15, -0.1) is 11.8 Å². The van der Waals surface area contributed by atoms with Gasteiger partial charge >= 0.3 is 0 Å². The highest BCUT2D eigenvalue weighted by Crippen LogP contribution is 2.22. The van der Waals surface area contributed by atoms with E-state index in [1.165, 1.54) is 30.3 Å². The summed E-state index contributed by atoms with van der Waals surface area (Å²) in [4.78, 5) is 38.9. The predicted molar refractivity (Wildman–Crippen MR) is 140 cm³/mol. The summed E-state index contributed by atoms with van der Waals surface area (Å²) in [6.45, 7) is 4.36. The average molecular weight is 498 g/mol. The molecular weight excluding hydrogens is 462 g/mol. The second-order valence-corrected chi connectivity index (χ2v) is 10.1. The molecule has 1 atom stereocenters. The standard InChI is InChI=1S/C27H35N3O4S/c1-3-25(27(32)28-23-11-5-4-6-12-23)29(17-22-10-8-7-9-20(22)2)26(31)19-35-18-21-13-15-24(16-14-21)30(33)34/h7-10,13-16,23,25H,3-6,11-12,17-19H2,1-2H3,(H,28,32)/t25-/m1/s1. The molecule has 188 valence electrons. The Labute approximate surface area is 211 Å². The zero-order valence-electron chi connectivity index (χ0n) is 20.6. The van der Waals surface area contributed by atoms with Crippen molar-refractivity contribution in [1.82, 2.24) is 10.2 Å². The van der Waals surface area contributed by atoms with Gasteiger partial charge in [0.25, 0.3) is 5.69 Å². The van der Waals surface area contributed by atoms with Crippen molar-refractivity contribution in [3.8, 4) is 0 Å². The molecule has 0 unspecified atom stereocenters. The van der Waals surface area contributed by atoms with Gasteiger partial charge in [0.15, 0.2) is 0 Å². The molecule has 1 saturated carbocycles. The first-order valence-electron chi connectivity index (χ1n) is 12.3. The van der Waals surface area contributed by atoms with E-state index in [9.17, 15) is 19.7 Å². The van der Waals surface area contributed by atoms with Gasteiger partial charge in [0.1, 0.15) is 6.04 Å². The van der Waals surface area contributed by atoms with Crippen LogP contribution in [0.2, 0.25) is 0 Å². The van der Waals surface area contributed by atoms with Crippen molar-refractivity contribution in [1.29, 1.82) is 0 Å². The number of benzene rings is 2. The Hall–Kier alpha value is -2.87. The van der Waals surface area contributed by atoms with Crippen LogP contribution in [-0.4, -0.2) is 39.5 Å². The lowest BCUT2D eigenvalue weighted by Gasteiger charge is -2.33. The number of carbonyl (C=O) groups excluding carboxylic acids is 2. The van der Waals surface area contributed by atoms with Crippen LogP contribution in [0.15, 0.2) is 48.5 Å². The molecule has 2 aromatic carbocycles. The number of nitro groups is 1. The number of thioether (sulfide) groups is 1. The molecule has 2 aromatic rings. The van der Waals surface area contributed by atoms with Gasteiger partial charge in [-0.3, -0.25) is 19.7 Å². The van der Waals surface area contributed by atoms with E-state index in [0.29, 0.717) is 18.7 Å². The predicted octanol–water partition coefficient (Wildman–Crippen LogP) is 5.39. The van der Waals surface area contributed by atoms with E-state index in [-0.39, 0.29) is 29.3 Å². The molecule has 0 radical (unpaired) electrons. The van der Waals surface area contributed by atoms with Crippen LogP contribution in [0.5, 0.6) is 0 Å². The number of carbonyl (C=O) groups is 2. The summed E-state index contributed by atoms with van der Waals surface area (Å²) < 4.78 is 0. The van der Waals surface area contributed by atoms with E-state index in [1.807, 2.05) is 38.1 Å². The molecular formula is C27H35N3O4S. The number of hydrogen-bond acceptors (Lipinski definition) is 5. The number of nitrogens with one attached hydrogen (secondary N) is 1. The Morgan fingerprint density at radius 1 is 1.11 bits per heavy atom. The summed E-state index contributed by atoms with van der Waals surface area (Å²) in [5, 5.41) is 14.1. The maximum absolute atomic E-state index is 13.4. The minimum Gasteiger partial charge on any atom is -0.352 e. The fourth-order valence-electron chi connectivity index (χ4n) is 4.49. The van der Waals surface area contributed by atoms with Gasteiger partial charge in [0.05, 0.1) is 10.7 Å². The summed E-state index contributed by atoms with van der Waals surface area (Å²) in [5.74, 6) is 0.649. The lowest BCUT2D eigenvalue weighted by Crippen LogP contribution is -2.52. The lowest BCUT2D eigenvalue weighted by molar-refractivity contribution is -0.384. The van der Waals surface area contributed by atoms with Gasteiger partial charge in [0, 0.05) is 30.5 Å². The second kappa shape index (κ2) is 13.3. The molecule has 8 heteroatoms. The number of aryl methyl sites for hydroxylation is 1. The Kier molecular flexibility index (Phi) is 10.1. The molecule has 0 heterocycles. The number of nitro benzene ring substituents is 1. The Bertz CT molecular complexity index is 1010. The van der Waals surface area contributed by atoms with Crippen LogP contribution in [0.1, 0.15) is 62.1 Å². The van der Waals surface area contributed by atoms with Crippen molar-refractivity contribution in [2.45, 2.75) is 76.8 Å². The Balaban J connectivity index is 1.69. The first-order valence-corrected chi connectivity index (χ1v) is 13.5. The van der Waals surface area contributed by atoms with Crippen LogP contribution in [0.25, 0.3) is 0 Å². The zero-order chi connectivity index (χ0) is 25.2. The van der Waals surface area contributed by atoms with Crippen LogP contribution in [0.3, 0.4) is 0 Å². The average Bonchev–Trinajstić information content (AvgIpc) is 2.86. The quantitative estimate of drug-likeness (QED) is 0.332. The third kappa shape index (κ3) is 7.82. The molecule has 0 spiro atoms. The normalized spacial score (nSPS) is 14.8. The van der Waals surface area contributed by atoms with Gasteiger partial charge in [-0.25, -0.2) is 0 Å².